The van der Waals surface area contributed by atoms with Crippen molar-refractivity contribution in [3.63, 3.8) is 0 Å². The van der Waals surface area contributed by atoms with Crippen molar-refractivity contribution in [3.8, 4) is 0 Å². The molecule has 3 aliphatic heterocycles. The van der Waals surface area contributed by atoms with Gasteiger partial charge in [-0.25, -0.2) is 22.2 Å². The van der Waals surface area contributed by atoms with Gasteiger partial charge in [0.05, 0.1) is 6.61 Å². The Morgan fingerprint density at radius 2 is 2.06 bits per heavy atom. The summed E-state index contributed by atoms with van der Waals surface area (Å²) in [5, 5.41) is 0. The molecular formula is C23H27F3N4O3S. The molecule has 0 amide bonds. The number of hydrogen-bond donors (Lipinski definition) is 1. The molecule has 0 radical (unpaired) electrons. The Bertz CT molecular complexity index is 1200. The van der Waals surface area contributed by atoms with E-state index in [0.29, 0.717) is 30.1 Å². The number of rotatable bonds is 6. The van der Waals surface area contributed by atoms with Gasteiger partial charge in [0.25, 0.3) is 10.0 Å². The maximum atomic E-state index is 15.2. The summed E-state index contributed by atoms with van der Waals surface area (Å²) in [7, 11) is -4.65. The van der Waals surface area contributed by atoms with Gasteiger partial charge in [0.1, 0.15) is 11.6 Å². The van der Waals surface area contributed by atoms with Gasteiger partial charge in [-0.1, -0.05) is 6.07 Å². The first-order valence-corrected chi connectivity index (χ1v) is 12.8. The van der Waals surface area contributed by atoms with Crippen LogP contribution in [0.4, 0.5) is 24.7 Å². The Kier molecular flexibility index (Phi) is 5.97. The summed E-state index contributed by atoms with van der Waals surface area (Å²) in [6.07, 6.45) is 2.01. The molecule has 3 aliphatic rings. The fraction of sp³-hybridized carbons (Fsp3) is 0.522. The minimum Gasteiger partial charge on any atom is -0.381 e. The number of ether oxygens (including phenoxy) is 1. The van der Waals surface area contributed by atoms with E-state index in [1.54, 1.807) is 0 Å². The standard InChI is InChI=1S/C23H27F3N4O3S/c1-15-18(30-7-5-16(11-30)10-29-12-23(13-29)6-8-33-14-23)9-17(24)22(21(15)26)34(31,32)28-20-4-2-3-19(25)27-20/h2-4,9,16H,5-8,10-14H2,1H3,(H,27,28). The molecule has 1 aromatic carbocycles. The van der Waals surface area contributed by atoms with Gasteiger partial charge in [-0.3, -0.25) is 4.72 Å². The number of pyridine rings is 1. The topological polar surface area (TPSA) is 74.8 Å². The minimum absolute atomic E-state index is 0.0561. The maximum absolute atomic E-state index is 15.2. The van der Waals surface area contributed by atoms with Gasteiger partial charge in [0, 0.05) is 56.0 Å². The quantitative estimate of drug-likeness (QED) is 0.620. The van der Waals surface area contributed by atoms with Crippen molar-refractivity contribution < 1.29 is 26.3 Å². The van der Waals surface area contributed by atoms with Crippen LogP contribution in [0.2, 0.25) is 0 Å². The average Bonchev–Trinajstić information content (AvgIpc) is 3.40. The number of nitrogens with one attached hydrogen (secondary N) is 1. The Labute approximate surface area is 197 Å². The van der Waals surface area contributed by atoms with Crippen LogP contribution >= 0.6 is 0 Å². The highest BCUT2D eigenvalue weighted by Gasteiger charge is 2.46. The Morgan fingerprint density at radius 1 is 1.26 bits per heavy atom. The molecule has 11 heteroatoms. The highest BCUT2D eigenvalue weighted by atomic mass is 32.2. The molecular weight excluding hydrogens is 469 g/mol. The monoisotopic (exact) mass is 496 g/mol. The van der Waals surface area contributed by atoms with Crippen molar-refractivity contribution in [2.45, 2.75) is 24.7 Å². The second kappa shape index (κ2) is 8.69. The van der Waals surface area contributed by atoms with Gasteiger partial charge in [-0.05, 0) is 43.9 Å². The largest absolute Gasteiger partial charge is 0.381 e. The molecule has 3 fully saturated rings. The third kappa shape index (κ3) is 4.36. The molecule has 0 saturated carbocycles. The molecule has 0 bridgehead atoms. The van der Waals surface area contributed by atoms with Gasteiger partial charge in [0.15, 0.2) is 10.7 Å². The smallest absolute Gasteiger partial charge is 0.268 e. The van der Waals surface area contributed by atoms with Crippen LogP contribution in [0, 0.1) is 35.8 Å². The zero-order valence-electron chi connectivity index (χ0n) is 18.9. The number of likely N-dealkylation sites (tertiary alicyclic amines) is 1. The number of aromatic nitrogens is 1. The third-order valence-electron chi connectivity index (χ3n) is 7.06. The predicted molar refractivity (Wildman–Crippen MR) is 121 cm³/mol. The number of sulfonamides is 1. The molecule has 1 unspecified atom stereocenters. The molecule has 3 saturated heterocycles. The Hall–Kier alpha value is -2.37. The molecule has 184 valence electrons. The van der Waals surface area contributed by atoms with E-state index in [0.717, 1.165) is 57.8 Å². The Balaban J connectivity index is 1.29. The predicted octanol–water partition coefficient (Wildman–Crippen LogP) is 3.16. The van der Waals surface area contributed by atoms with Crippen LogP contribution in [0.1, 0.15) is 18.4 Å². The van der Waals surface area contributed by atoms with Crippen LogP contribution in [0.5, 0.6) is 0 Å². The summed E-state index contributed by atoms with van der Waals surface area (Å²) in [6.45, 7) is 7.40. The lowest BCUT2D eigenvalue weighted by atomic mass is 9.79. The fourth-order valence-electron chi connectivity index (χ4n) is 5.41. The van der Waals surface area contributed by atoms with Crippen LogP contribution in [0.25, 0.3) is 0 Å². The van der Waals surface area contributed by atoms with Crippen LogP contribution in [0.3, 0.4) is 0 Å². The molecule has 4 heterocycles. The van der Waals surface area contributed by atoms with Crippen molar-refractivity contribution in [1.29, 1.82) is 0 Å². The lowest BCUT2D eigenvalue weighted by molar-refractivity contribution is -0.0143. The second-order valence-corrected chi connectivity index (χ2v) is 11.3. The van der Waals surface area contributed by atoms with Gasteiger partial charge in [0.2, 0.25) is 5.95 Å². The summed E-state index contributed by atoms with van der Waals surface area (Å²) in [4.78, 5) is 6.63. The van der Waals surface area contributed by atoms with E-state index in [1.165, 1.54) is 19.1 Å². The van der Waals surface area contributed by atoms with E-state index in [2.05, 4.69) is 9.88 Å². The van der Waals surface area contributed by atoms with E-state index in [1.807, 2.05) is 9.62 Å². The first-order valence-electron chi connectivity index (χ1n) is 11.3. The fourth-order valence-corrected chi connectivity index (χ4v) is 6.60. The minimum atomic E-state index is -4.65. The molecule has 7 nitrogen and oxygen atoms in total. The summed E-state index contributed by atoms with van der Waals surface area (Å²) in [6, 6.07) is 4.54. The van der Waals surface area contributed by atoms with E-state index < -0.39 is 32.5 Å². The summed E-state index contributed by atoms with van der Waals surface area (Å²) in [5.74, 6) is -3.26. The van der Waals surface area contributed by atoms with Gasteiger partial charge >= 0.3 is 0 Å². The number of nitrogens with zero attached hydrogens (tertiary/aromatic N) is 3. The van der Waals surface area contributed by atoms with Gasteiger partial charge in [-0.2, -0.15) is 4.39 Å². The van der Waals surface area contributed by atoms with Crippen LogP contribution < -0.4 is 9.62 Å². The summed E-state index contributed by atoms with van der Waals surface area (Å²) < 4.78 is 76.3. The third-order valence-corrected chi connectivity index (χ3v) is 8.45. The molecule has 1 spiro atoms. The number of benzene rings is 1. The van der Waals surface area contributed by atoms with Gasteiger partial charge < -0.3 is 14.5 Å². The highest BCUT2D eigenvalue weighted by Crippen LogP contribution is 2.40. The molecule has 1 atom stereocenters. The summed E-state index contributed by atoms with van der Waals surface area (Å²) >= 11 is 0. The highest BCUT2D eigenvalue weighted by molar-refractivity contribution is 7.92. The molecule has 2 aromatic rings. The SMILES string of the molecule is Cc1c(N2CCC(CN3CC4(CCOC4)C3)C2)cc(F)c(S(=O)(=O)Nc2cccc(F)n2)c1F. The lowest BCUT2D eigenvalue weighted by Crippen LogP contribution is -2.57. The first kappa shape index (κ1) is 23.4. The first-order chi connectivity index (χ1) is 16.2. The van der Waals surface area contributed by atoms with E-state index >= 15 is 4.39 Å². The van der Waals surface area contributed by atoms with Crippen LogP contribution in [-0.4, -0.2) is 64.2 Å². The number of halogens is 3. The lowest BCUT2D eigenvalue weighted by Gasteiger charge is -2.48. The van der Waals surface area contributed by atoms with Crippen LogP contribution in [-0.2, 0) is 14.8 Å². The Morgan fingerprint density at radius 3 is 2.76 bits per heavy atom. The molecule has 0 aliphatic carbocycles. The zero-order valence-corrected chi connectivity index (χ0v) is 19.7. The van der Waals surface area contributed by atoms with Crippen molar-refractivity contribution in [2.24, 2.45) is 11.3 Å². The molecule has 1 aromatic heterocycles. The average molecular weight is 497 g/mol. The number of hydrogen-bond acceptors (Lipinski definition) is 6. The van der Waals surface area contributed by atoms with E-state index in [9.17, 15) is 17.2 Å². The van der Waals surface area contributed by atoms with Crippen molar-refractivity contribution in [2.75, 3.05) is 55.6 Å². The zero-order chi connectivity index (χ0) is 24.1. The van der Waals surface area contributed by atoms with Crippen molar-refractivity contribution in [3.05, 3.63) is 47.4 Å². The van der Waals surface area contributed by atoms with Gasteiger partial charge in [-0.15, -0.1) is 0 Å². The maximum Gasteiger partial charge on any atom is 0.268 e. The second-order valence-electron chi connectivity index (χ2n) is 9.67. The molecule has 34 heavy (non-hydrogen) atoms. The normalized spacial score (nSPS) is 22.4. The molecule has 1 N–H and O–H groups in total. The number of anilines is 2. The van der Waals surface area contributed by atoms with Crippen molar-refractivity contribution in [1.82, 2.24) is 9.88 Å². The van der Waals surface area contributed by atoms with Crippen molar-refractivity contribution >= 4 is 21.5 Å². The molecule has 5 rings (SSSR count). The van der Waals surface area contributed by atoms with Crippen LogP contribution in [0.15, 0.2) is 29.2 Å². The van der Waals surface area contributed by atoms with E-state index in [-0.39, 0.29) is 11.4 Å². The summed E-state index contributed by atoms with van der Waals surface area (Å²) in [5.41, 5.74) is 0.725. The van der Waals surface area contributed by atoms with E-state index in [4.69, 9.17) is 4.74 Å².